The molecule has 47 heavy (non-hydrogen) atoms. The minimum Gasteiger partial charge on any atom is -0.310 e. The molecule has 0 atom stereocenters. The van der Waals surface area contributed by atoms with Crippen LogP contribution in [0.15, 0.2) is 188 Å². The molecule has 0 N–H and O–H groups in total. The fourth-order valence-electron chi connectivity index (χ4n) is 7.19. The fraction of sp³-hybridized carbons (Fsp3) is 0. The van der Waals surface area contributed by atoms with Gasteiger partial charge in [0, 0.05) is 17.1 Å². The van der Waals surface area contributed by atoms with E-state index in [2.05, 4.69) is 193 Å². The van der Waals surface area contributed by atoms with Crippen LogP contribution >= 0.6 is 0 Å². The Kier molecular flexibility index (Phi) is 6.54. The molecule has 0 radical (unpaired) electrons. The minimum absolute atomic E-state index is 1.12. The van der Waals surface area contributed by atoms with Crippen LogP contribution in [-0.2, 0) is 0 Å². The summed E-state index contributed by atoms with van der Waals surface area (Å²) < 4.78 is 0. The standard InChI is InChI=1S/C46H31N/c1-3-13-32(14-4-1)33-23-26-37(27-24-33)47(36-17-5-2-6-18-36)38-29-35-16-8-10-20-40(35)44(30-38)46-31-45-39-19-9-7-15-34(39)25-28-43(45)41-21-11-12-22-42(41)46/h1-31H. The Bertz CT molecular complexity index is 2550. The van der Waals surface area contributed by atoms with Gasteiger partial charge in [0.15, 0.2) is 0 Å². The lowest BCUT2D eigenvalue weighted by Gasteiger charge is -2.27. The average molecular weight is 598 g/mol. The van der Waals surface area contributed by atoms with Crippen molar-refractivity contribution in [2.24, 2.45) is 0 Å². The molecule has 220 valence electrons. The second-order valence-corrected chi connectivity index (χ2v) is 12.1. The maximum atomic E-state index is 2.42. The van der Waals surface area contributed by atoms with Crippen LogP contribution in [0.25, 0.3) is 65.3 Å². The first-order chi connectivity index (χ1) is 23.3. The van der Waals surface area contributed by atoms with Crippen molar-refractivity contribution in [2.45, 2.75) is 0 Å². The van der Waals surface area contributed by atoms with Crippen LogP contribution in [0.1, 0.15) is 0 Å². The SMILES string of the molecule is c1ccc(-c2ccc(N(c3ccccc3)c3cc(-c4cc5c6ccccc6ccc5c5ccccc45)c4ccccc4c3)cc2)cc1. The summed E-state index contributed by atoms with van der Waals surface area (Å²) in [5, 5.41) is 10.1. The molecule has 0 aliphatic rings. The van der Waals surface area contributed by atoms with Crippen molar-refractivity contribution in [3.05, 3.63) is 188 Å². The van der Waals surface area contributed by atoms with E-state index in [1.165, 1.54) is 65.3 Å². The van der Waals surface area contributed by atoms with Gasteiger partial charge in [-0.25, -0.2) is 0 Å². The molecular weight excluding hydrogens is 567 g/mol. The molecular formula is C46H31N. The van der Waals surface area contributed by atoms with Crippen LogP contribution in [0.2, 0.25) is 0 Å². The Morgan fingerprint density at radius 3 is 1.55 bits per heavy atom. The van der Waals surface area contributed by atoms with Crippen LogP contribution in [0.3, 0.4) is 0 Å². The van der Waals surface area contributed by atoms with Gasteiger partial charge in [-0.05, 0) is 108 Å². The predicted octanol–water partition coefficient (Wildman–Crippen LogP) is 13.1. The Labute approximate surface area is 274 Å². The Morgan fingerprint density at radius 1 is 0.255 bits per heavy atom. The summed E-state index contributed by atoms with van der Waals surface area (Å²) in [5.74, 6) is 0. The van der Waals surface area contributed by atoms with Gasteiger partial charge >= 0.3 is 0 Å². The largest absolute Gasteiger partial charge is 0.310 e. The zero-order valence-electron chi connectivity index (χ0n) is 25.8. The highest BCUT2D eigenvalue weighted by Gasteiger charge is 2.18. The summed E-state index contributed by atoms with van der Waals surface area (Å²) in [5.41, 5.74) is 8.26. The molecule has 1 nitrogen and oxygen atoms in total. The molecule has 0 aliphatic heterocycles. The molecule has 0 amide bonds. The number of para-hydroxylation sites is 1. The molecule has 9 aromatic rings. The summed E-state index contributed by atoms with van der Waals surface area (Å²) >= 11 is 0. The maximum Gasteiger partial charge on any atom is 0.0474 e. The summed E-state index contributed by atoms with van der Waals surface area (Å²) in [7, 11) is 0. The third-order valence-electron chi connectivity index (χ3n) is 9.41. The average Bonchev–Trinajstić information content (AvgIpc) is 3.15. The van der Waals surface area contributed by atoms with E-state index < -0.39 is 0 Å². The number of hydrogen-bond donors (Lipinski definition) is 0. The van der Waals surface area contributed by atoms with E-state index in [4.69, 9.17) is 0 Å². The number of hydrogen-bond acceptors (Lipinski definition) is 1. The lowest BCUT2D eigenvalue weighted by molar-refractivity contribution is 1.29. The van der Waals surface area contributed by atoms with Crippen molar-refractivity contribution in [2.75, 3.05) is 4.90 Å². The molecule has 0 fully saturated rings. The lowest BCUT2D eigenvalue weighted by Crippen LogP contribution is -2.10. The minimum atomic E-state index is 1.12. The van der Waals surface area contributed by atoms with Gasteiger partial charge in [0.05, 0.1) is 0 Å². The van der Waals surface area contributed by atoms with Gasteiger partial charge in [0.1, 0.15) is 0 Å². The number of benzene rings is 9. The third-order valence-corrected chi connectivity index (χ3v) is 9.41. The molecule has 0 bridgehead atoms. The van der Waals surface area contributed by atoms with Crippen molar-refractivity contribution < 1.29 is 0 Å². The van der Waals surface area contributed by atoms with E-state index >= 15 is 0 Å². The van der Waals surface area contributed by atoms with Crippen molar-refractivity contribution in [1.82, 2.24) is 0 Å². The smallest absolute Gasteiger partial charge is 0.0474 e. The molecule has 1 heteroatoms. The molecule has 9 aromatic carbocycles. The highest BCUT2D eigenvalue weighted by molar-refractivity contribution is 6.22. The monoisotopic (exact) mass is 597 g/mol. The van der Waals surface area contributed by atoms with Gasteiger partial charge in [-0.1, -0.05) is 146 Å². The number of anilines is 3. The third kappa shape index (κ3) is 4.72. The first-order valence-corrected chi connectivity index (χ1v) is 16.2. The van der Waals surface area contributed by atoms with Gasteiger partial charge in [0.2, 0.25) is 0 Å². The van der Waals surface area contributed by atoms with Gasteiger partial charge < -0.3 is 4.90 Å². The zero-order valence-corrected chi connectivity index (χ0v) is 25.8. The number of rotatable bonds is 5. The molecule has 0 heterocycles. The van der Waals surface area contributed by atoms with Gasteiger partial charge in [-0.2, -0.15) is 0 Å². The van der Waals surface area contributed by atoms with Crippen molar-refractivity contribution >= 4 is 60.2 Å². The Morgan fingerprint density at radius 2 is 0.787 bits per heavy atom. The first-order valence-electron chi connectivity index (χ1n) is 16.2. The number of nitrogens with zero attached hydrogens (tertiary/aromatic N) is 1. The quantitative estimate of drug-likeness (QED) is 0.178. The van der Waals surface area contributed by atoms with E-state index in [1.807, 2.05) is 0 Å². The highest BCUT2D eigenvalue weighted by Crippen LogP contribution is 2.44. The summed E-state index contributed by atoms with van der Waals surface area (Å²) in [6.45, 7) is 0. The molecule has 0 unspecified atom stereocenters. The van der Waals surface area contributed by atoms with Crippen molar-refractivity contribution in [1.29, 1.82) is 0 Å². The van der Waals surface area contributed by atoms with E-state index in [1.54, 1.807) is 0 Å². The topological polar surface area (TPSA) is 3.24 Å². The molecule has 0 aliphatic carbocycles. The van der Waals surface area contributed by atoms with Crippen molar-refractivity contribution in [3.63, 3.8) is 0 Å². The van der Waals surface area contributed by atoms with E-state index in [-0.39, 0.29) is 0 Å². The first kappa shape index (κ1) is 27.2. The Hall–Kier alpha value is -6.18. The van der Waals surface area contributed by atoms with Crippen LogP contribution in [0.5, 0.6) is 0 Å². The summed E-state index contributed by atoms with van der Waals surface area (Å²) in [4.78, 5) is 2.38. The second kappa shape index (κ2) is 11.3. The molecule has 9 rings (SSSR count). The molecule has 0 aromatic heterocycles. The van der Waals surface area contributed by atoms with E-state index in [9.17, 15) is 0 Å². The normalized spacial score (nSPS) is 11.4. The predicted molar refractivity (Wildman–Crippen MR) is 202 cm³/mol. The van der Waals surface area contributed by atoms with Gasteiger partial charge in [0.25, 0.3) is 0 Å². The van der Waals surface area contributed by atoms with Crippen molar-refractivity contribution in [3.8, 4) is 22.3 Å². The highest BCUT2D eigenvalue weighted by atomic mass is 15.1. The van der Waals surface area contributed by atoms with Gasteiger partial charge in [-0.3, -0.25) is 0 Å². The van der Waals surface area contributed by atoms with Crippen LogP contribution in [0, 0.1) is 0 Å². The summed E-state index contributed by atoms with van der Waals surface area (Å²) in [6, 6.07) is 68.3. The van der Waals surface area contributed by atoms with Crippen LogP contribution < -0.4 is 4.90 Å². The molecule has 0 saturated heterocycles. The van der Waals surface area contributed by atoms with E-state index in [0.717, 1.165) is 17.1 Å². The molecule has 0 saturated carbocycles. The fourth-order valence-corrected chi connectivity index (χ4v) is 7.19. The van der Waals surface area contributed by atoms with Crippen LogP contribution in [0.4, 0.5) is 17.1 Å². The maximum absolute atomic E-state index is 2.42. The number of fused-ring (bicyclic) bond motifs is 6. The molecule has 0 spiro atoms. The van der Waals surface area contributed by atoms with E-state index in [0.29, 0.717) is 0 Å². The Balaban J connectivity index is 1.31. The summed E-state index contributed by atoms with van der Waals surface area (Å²) in [6.07, 6.45) is 0. The zero-order chi connectivity index (χ0) is 31.2. The van der Waals surface area contributed by atoms with Gasteiger partial charge in [-0.15, -0.1) is 0 Å². The second-order valence-electron chi connectivity index (χ2n) is 12.1. The van der Waals surface area contributed by atoms with Crippen LogP contribution in [-0.4, -0.2) is 0 Å². The lowest BCUT2D eigenvalue weighted by atomic mass is 9.88.